The Morgan fingerprint density at radius 2 is 1.62 bits per heavy atom. The zero-order valence-electron chi connectivity index (χ0n) is 15.0. The summed E-state index contributed by atoms with van der Waals surface area (Å²) in [5, 5.41) is 0. The maximum atomic E-state index is 12.8. The van der Waals surface area contributed by atoms with E-state index in [9.17, 15) is 9.59 Å². The van der Waals surface area contributed by atoms with Crippen molar-refractivity contribution in [3.05, 3.63) is 35.9 Å². The largest absolute Gasteiger partial charge is 0.381 e. The van der Waals surface area contributed by atoms with Crippen LogP contribution in [-0.2, 0) is 9.53 Å². The monoisotopic (exact) mass is 381 g/mol. The molecule has 0 spiro atoms. The molecule has 1 atom stereocenters. The van der Waals surface area contributed by atoms with Crippen LogP contribution in [0.4, 0.5) is 0 Å². The topological polar surface area (TPSA) is 75.9 Å². The molecule has 2 N–H and O–H groups in total. The first-order chi connectivity index (χ1) is 12.2. The van der Waals surface area contributed by atoms with Crippen LogP contribution < -0.4 is 5.73 Å². The molecule has 0 saturated carbocycles. The summed E-state index contributed by atoms with van der Waals surface area (Å²) in [7, 11) is 0. The highest BCUT2D eigenvalue weighted by molar-refractivity contribution is 5.94. The van der Waals surface area contributed by atoms with E-state index in [2.05, 4.69) is 0 Å². The predicted octanol–water partition coefficient (Wildman–Crippen LogP) is 1.54. The number of ether oxygens (including phenoxy) is 1. The number of amides is 2. The Kier molecular flexibility index (Phi) is 7.87. The van der Waals surface area contributed by atoms with Crippen molar-refractivity contribution in [2.45, 2.75) is 25.3 Å². The molecule has 2 amide bonds. The fourth-order valence-electron chi connectivity index (χ4n) is 3.59. The average molecular weight is 382 g/mol. The van der Waals surface area contributed by atoms with Gasteiger partial charge in [0.15, 0.2) is 0 Å². The third-order valence-corrected chi connectivity index (χ3v) is 5.17. The van der Waals surface area contributed by atoms with Gasteiger partial charge in [0.25, 0.3) is 5.91 Å². The first-order valence-electron chi connectivity index (χ1n) is 9.13. The van der Waals surface area contributed by atoms with E-state index in [0.29, 0.717) is 45.0 Å². The first kappa shape index (κ1) is 20.7. The molecule has 2 aliphatic rings. The number of carbonyl (C=O) groups excluding carboxylic acids is 2. The van der Waals surface area contributed by atoms with E-state index in [4.69, 9.17) is 10.5 Å². The molecule has 1 unspecified atom stereocenters. The second kappa shape index (κ2) is 9.90. The Labute approximate surface area is 161 Å². The second-order valence-corrected chi connectivity index (χ2v) is 6.81. The molecule has 2 aliphatic heterocycles. The molecular weight excluding hydrogens is 354 g/mol. The Bertz CT molecular complexity index is 593. The van der Waals surface area contributed by atoms with Gasteiger partial charge in [-0.25, -0.2) is 0 Å². The van der Waals surface area contributed by atoms with Gasteiger partial charge in [-0.1, -0.05) is 18.2 Å². The van der Waals surface area contributed by atoms with Gasteiger partial charge in [0.05, 0.1) is 6.04 Å². The minimum absolute atomic E-state index is 0. The van der Waals surface area contributed by atoms with Crippen LogP contribution >= 0.6 is 12.4 Å². The van der Waals surface area contributed by atoms with Crippen molar-refractivity contribution in [2.75, 3.05) is 39.4 Å². The number of nitrogens with zero attached hydrogens (tertiary/aromatic N) is 2. The van der Waals surface area contributed by atoms with Gasteiger partial charge < -0.3 is 20.3 Å². The first-order valence-corrected chi connectivity index (χ1v) is 9.13. The third-order valence-electron chi connectivity index (χ3n) is 5.17. The minimum atomic E-state index is -0.458. The lowest BCUT2D eigenvalue weighted by molar-refractivity contribution is -0.134. The van der Waals surface area contributed by atoms with E-state index in [0.717, 1.165) is 19.3 Å². The SMILES string of the molecule is Cl.NC(C(=O)N1CCCN(C(=O)c2ccccc2)CC1)C1CCOCC1. The number of hydrogen-bond acceptors (Lipinski definition) is 4. The van der Waals surface area contributed by atoms with E-state index < -0.39 is 6.04 Å². The van der Waals surface area contributed by atoms with Gasteiger partial charge in [-0.2, -0.15) is 0 Å². The molecule has 6 nitrogen and oxygen atoms in total. The molecule has 0 radical (unpaired) electrons. The van der Waals surface area contributed by atoms with E-state index in [1.807, 2.05) is 40.1 Å². The van der Waals surface area contributed by atoms with Gasteiger partial charge >= 0.3 is 0 Å². The summed E-state index contributed by atoms with van der Waals surface area (Å²) in [6.45, 7) is 3.81. The highest BCUT2D eigenvalue weighted by Gasteiger charge is 2.31. The lowest BCUT2D eigenvalue weighted by atomic mass is 9.91. The Hall–Kier alpha value is -1.63. The summed E-state index contributed by atoms with van der Waals surface area (Å²) in [4.78, 5) is 29.0. The number of nitrogens with two attached hydrogens (primary N) is 1. The molecule has 0 aromatic heterocycles. The number of benzene rings is 1. The van der Waals surface area contributed by atoms with Gasteiger partial charge in [0, 0.05) is 45.0 Å². The Morgan fingerprint density at radius 3 is 2.31 bits per heavy atom. The Balaban J connectivity index is 0.00000243. The second-order valence-electron chi connectivity index (χ2n) is 6.81. The molecule has 1 aromatic carbocycles. The van der Waals surface area contributed by atoms with Crippen LogP contribution in [0.2, 0.25) is 0 Å². The summed E-state index contributed by atoms with van der Waals surface area (Å²) < 4.78 is 5.35. The molecular formula is C19H28ClN3O3. The van der Waals surface area contributed by atoms with Crippen LogP contribution in [0.25, 0.3) is 0 Å². The number of rotatable bonds is 3. The van der Waals surface area contributed by atoms with Crippen molar-refractivity contribution in [2.24, 2.45) is 11.7 Å². The number of carbonyl (C=O) groups is 2. The lowest BCUT2D eigenvalue weighted by Crippen LogP contribution is -2.50. The quantitative estimate of drug-likeness (QED) is 0.861. The number of halogens is 1. The van der Waals surface area contributed by atoms with Gasteiger partial charge in [-0.05, 0) is 37.3 Å². The van der Waals surface area contributed by atoms with Crippen molar-refractivity contribution < 1.29 is 14.3 Å². The van der Waals surface area contributed by atoms with Crippen LogP contribution in [0.3, 0.4) is 0 Å². The average Bonchev–Trinajstić information content (AvgIpc) is 2.94. The molecule has 7 heteroatoms. The summed E-state index contributed by atoms with van der Waals surface area (Å²) in [5.41, 5.74) is 6.93. The van der Waals surface area contributed by atoms with Crippen molar-refractivity contribution in [1.29, 1.82) is 0 Å². The molecule has 0 bridgehead atoms. The normalized spacial score (nSPS) is 20.0. The third kappa shape index (κ3) is 4.96. The van der Waals surface area contributed by atoms with Gasteiger partial charge in [0.2, 0.25) is 5.91 Å². The summed E-state index contributed by atoms with van der Waals surface area (Å²) in [5.74, 6) is 0.246. The van der Waals surface area contributed by atoms with Crippen molar-refractivity contribution in [3.63, 3.8) is 0 Å². The maximum Gasteiger partial charge on any atom is 0.253 e. The van der Waals surface area contributed by atoms with E-state index in [1.165, 1.54) is 0 Å². The van der Waals surface area contributed by atoms with E-state index in [1.54, 1.807) is 0 Å². The molecule has 26 heavy (non-hydrogen) atoms. The highest BCUT2D eigenvalue weighted by atomic mass is 35.5. The van der Waals surface area contributed by atoms with Crippen LogP contribution in [-0.4, -0.2) is 67.0 Å². The molecule has 144 valence electrons. The summed E-state index contributed by atoms with van der Waals surface area (Å²) in [6.07, 6.45) is 2.48. The fourth-order valence-corrected chi connectivity index (χ4v) is 3.59. The zero-order chi connectivity index (χ0) is 17.6. The summed E-state index contributed by atoms with van der Waals surface area (Å²) >= 11 is 0. The van der Waals surface area contributed by atoms with Gasteiger partial charge in [-0.3, -0.25) is 9.59 Å². The molecule has 2 saturated heterocycles. The lowest BCUT2D eigenvalue weighted by Gasteiger charge is -2.31. The van der Waals surface area contributed by atoms with Gasteiger partial charge in [-0.15, -0.1) is 12.4 Å². The van der Waals surface area contributed by atoms with Crippen LogP contribution in [0.1, 0.15) is 29.6 Å². The smallest absolute Gasteiger partial charge is 0.253 e. The van der Waals surface area contributed by atoms with Crippen molar-refractivity contribution >= 4 is 24.2 Å². The Morgan fingerprint density at radius 1 is 1.00 bits per heavy atom. The van der Waals surface area contributed by atoms with Crippen molar-refractivity contribution in [1.82, 2.24) is 9.80 Å². The fraction of sp³-hybridized carbons (Fsp3) is 0.579. The highest BCUT2D eigenvalue weighted by Crippen LogP contribution is 2.19. The molecule has 0 aliphatic carbocycles. The predicted molar refractivity (Wildman–Crippen MR) is 102 cm³/mol. The molecule has 2 heterocycles. The molecule has 3 rings (SSSR count). The van der Waals surface area contributed by atoms with E-state index >= 15 is 0 Å². The summed E-state index contributed by atoms with van der Waals surface area (Å²) in [6, 6.07) is 8.84. The number of hydrogen-bond donors (Lipinski definition) is 1. The van der Waals surface area contributed by atoms with Crippen molar-refractivity contribution in [3.8, 4) is 0 Å². The van der Waals surface area contributed by atoms with Crippen LogP contribution in [0, 0.1) is 5.92 Å². The van der Waals surface area contributed by atoms with Crippen LogP contribution in [0.15, 0.2) is 30.3 Å². The minimum Gasteiger partial charge on any atom is -0.381 e. The van der Waals surface area contributed by atoms with Crippen LogP contribution in [0.5, 0.6) is 0 Å². The molecule has 1 aromatic rings. The van der Waals surface area contributed by atoms with E-state index in [-0.39, 0.29) is 30.1 Å². The molecule has 2 fully saturated rings. The zero-order valence-corrected chi connectivity index (χ0v) is 15.8. The maximum absolute atomic E-state index is 12.8. The van der Waals surface area contributed by atoms with Gasteiger partial charge in [0.1, 0.15) is 0 Å². The standard InChI is InChI=1S/C19H27N3O3.ClH/c20-17(15-7-13-25-14-8-15)19(24)22-10-4-9-21(11-12-22)18(23)16-5-2-1-3-6-16;/h1-3,5-6,15,17H,4,7-14,20H2;1H.